The Morgan fingerprint density at radius 3 is 2.72 bits per heavy atom. The molecule has 0 saturated carbocycles. The van der Waals surface area contributed by atoms with Crippen LogP contribution in [0.5, 0.6) is 5.88 Å². The number of ether oxygens (including phenoxy) is 1. The quantitative estimate of drug-likeness (QED) is 0.824. The van der Waals surface area contributed by atoms with E-state index in [0.717, 1.165) is 6.42 Å². The van der Waals surface area contributed by atoms with Gasteiger partial charge < -0.3 is 15.8 Å². The molecule has 0 aliphatic carbocycles. The number of hydrogen-bond acceptors (Lipinski definition) is 5. The van der Waals surface area contributed by atoms with Gasteiger partial charge in [-0.25, -0.2) is 4.98 Å². The second-order valence-electron chi connectivity index (χ2n) is 3.58. The molecule has 5 nitrogen and oxygen atoms in total. The van der Waals surface area contributed by atoms with E-state index >= 15 is 0 Å². The lowest BCUT2D eigenvalue weighted by atomic mass is 10.4. The monoisotopic (exact) mass is 264 g/mol. The molecule has 8 heteroatoms. The lowest BCUT2D eigenvalue weighted by Crippen LogP contribution is -2.16. The van der Waals surface area contributed by atoms with Gasteiger partial charge in [0.1, 0.15) is 12.0 Å². The Morgan fingerprint density at radius 1 is 1.39 bits per heavy atom. The molecule has 1 aromatic heterocycles. The number of nitrogens with zero attached hydrogens (tertiary/aromatic N) is 2. The zero-order valence-electron chi connectivity index (χ0n) is 9.92. The van der Waals surface area contributed by atoms with Crippen LogP contribution in [-0.2, 0) is 0 Å². The molecule has 0 aliphatic rings. The van der Waals surface area contributed by atoms with E-state index in [-0.39, 0.29) is 23.9 Å². The Bertz CT molecular complexity index is 384. The number of rotatable bonds is 6. The highest BCUT2D eigenvalue weighted by molar-refractivity contribution is 5.66. The third-order valence-corrected chi connectivity index (χ3v) is 1.99. The summed E-state index contributed by atoms with van der Waals surface area (Å²) in [5, 5.41) is 2.51. The van der Waals surface area contributed by atoms with Gasteiger partial charge in [0, 0.05) is 6.54 Å². The van der Waals surface area contributed by atoms with Gasteiger partial charge in [-0.05, 0) is 6.42 Å². The second-order valence-corrected chi connectivity index (χ2v) is 3.58. The summed E-state index contributed by atoms with van der Waals surface area (Å²) in [5.74, 6) is 0.335. The minimum absolute atomic E-state index is 0.119. The Labute approximate surface area is 103 Å². The predicted octanol–water partition coefficient (Wildman–Crippen LogP) is 2.21. The van der Waals surface area contributed by atoms with Gasteiger partial charge in [0.2, 0.25) is 5.88 Å². The number of halogens is 3. The molecule has 0 bridgehead atoms. The maximum Gasteiger partial charge on any atom is 0.390 e. The predicted molar refractivity (Wildman–Crippen MR) is 61.4 cm³/mol. The third-order valence-electron chi connectivity index (χ3n) is 1.99. The fraction of sp³-hybridized carbons (Fsp3) is 0.600. The number of hydrogen-bond donors (Lipinski definition) is 2. The molecule has 0 aliphatic heterocycles. The van der Waals surface area contributed by atoms with E-state index in [9.17, 15) is 13.2 Å². The Morgan fingerprint density at radius 2 is 2.11 bits per heavy atom. The largest absolute Gasteiger partial charge is 0.476 e. The molecule has 0 saturated heterocycles. The van der Waals surface area contributed by atoms with Crippen molar-refractivity contribution in [2.45, 2.75) is 25.9 Å². The van der Waals surface area contributed by atoms with Crippen LogP contribution in [0.15, 0.2) is 6.33 Å². The first kappa shape index (κ1) is 14.3. The summed E-state index contributed by atoms with van der Waals surface area (Å²) < 4.78 is 41.2. The van der Waals surface area contributed by atoms with Crippen LogP contribution < -0.4 is 15.8 Å². The van der Waals surface area contributed by atoms with Gasteiger partial charge in [0.15, 0.2) is 5.82 Å². The van der Waals surface area contributed by atoms with Crippen molar-refractivity contribution in [3.05, 3.63) is 6.33 Å². The number of nitrogens with two attached hydrogens (primary N) is 1. The lowest BCUT2D eigenvalue weighted by molar-refractivity contribution is -0.131. The normalized spacial score (nSPS) is 11.3. The van der Waals surface area contributed by atoms with Crippen molar-refractivity contribution in [3.8, 4) is 5.88 Å². The van der Waals surface area contributed by atoms with Crippen LogP contribution in [0.3, 0.4) is 0 Å². The fourth-order valence-electron chi connectivity index (χ4n) is 1.16. The number of aromatic nitrogens is 2. The standard InChI is InChI=1S/C10H15F3N4O/c1-2-5-18-9-7(14)8(16-6-17-9)15-4-3-10(11,12)13/h6H,2-5,14H2,1H3,(H,15,16,17). The van der Waals surface area contributed by atoms with E-state index in [0.29, 0.717) is 6.61 Å². The van der Waals surface area contributed by atoms with E-state index in [1.807, 2.05) is 6.92 Å². The van der Waals surface area contributed by atoms with Gasteiger partial charge in [0.25, 0.3) is 0 Å². The molecule has 0 radical (unpaired) electrons. The van der Waals surface area contributed by atoms with Crippen LogP contribution in [0.2, 0.25) is 0 Å². The van der Waals surface area contributed by atoms with Crippen LogP contribution in [0.1, 0.15) is 19.8 Å². The minimum atomic E-state index is -4.21. The van der Waals surface area contributed by atoms with Crippen molar-refractivity contribution in [1.82, 2.24) is 9.97 Å². The smallest absolute Gasteiger partial charge is 0.390 e. The van der Waals surface area contributed by atoms with Crippen LogP contribution in [0, 0.1) is 0 Å². The highest BCUT2D eigenvalue weighted by Crippen LogP contribution is 2.25. The SMILES string of the molecule is CCCOc1ncnc(NCCC(F)(F)F)c1N. The van der Waals surface area contributed by atoms with E-state index in [4.69, 9.17) is 10.5 Å². The molecule has 0 fully saturated rings. The third kappa shape index (κ3) is 4.64. The van der Waals surface area contributed by atoms with Crippen molar-refractivity contribution in [3.63, 3.8) is 0 Å². The van der Waals surface area contributed by atoms with E-state index in [1.54, 1.807) is 0 Å². The average Bonchev–Trinajstić information content (AvgIpc) is 2.28. The van der Waals surface area contributed by atoms with Gasteiger partial charge in [0.05, 0.1) is 13.0 Å². The van der Waals surface area contributed by atoms with Gasteiger partial charge >= 0.3 is 6.18 Å². The summed E-state index contributed by atoms with van der Waals surface area (Å²) in [6, 6.07) is 0. The summed E-state index contributed by atoms with van der Waals surface area (Å²) in [6.45, 7) is 2.06. The molecule has 1 heterocycles. The molecule has 0 unspecified atom stereocenters. The van der Waals surface area contributed by atoms with Crippen molar-refractivity contribution in [2.75, 3.05) is 24.2 Å². The first-order valence-corrected chi connectivity index (χ1v) is 5.48. The van der Waals surface area contributed by atoms with Crippen LogP contribution >= 0.6 is 0 Å². The van der Waals surface area contributed by atoms with Gasteiger partial charge in [-0.15, -0.1) is 0 Å². The zero-order chi connectivity index (χ0) is 13.6. The van der Waals surface area contributed by atoms with Crippen molar-refractivity contribution < 1.29 is 17.9 Å². The van der Waals surface area contributed by atoms with Crippen molar-refractivity contribution >= 4 is 11.5 Å². The molecule has 0 aromatic carbocycles. The number of nitrogen functional groups attached to an aromatic ring is 1. The molecule has 1 aromatic rings. The highest BCUT2D eigenvalue weighted by Gasteiger charge is 2.26. The molecule has 102 valence electrons. The molecule has 18 heavy (non-hydrogen) atoms. The molecular weight excluding hydrogens is 249 g/mol. The van der Waals surface area contributed by atoms with Crippen molar-refractivity contribution in [2.24, 2.45) is 0 Å². The van der Waals surface area contributed by atoms with E-state index in [2.05, 4.69) is 15.3 Å². The molecule has 1 rings (SSSR count). The summed E-state index contributed by atoms with van der Waals surface area (Å²) in [7, 11) is 0. The first-order chi connectivity index (χ1) is 8.44. The van der Waals surface area contributed by atoms with Gasteiger partial charge in [-0.3, -0.25) is 0 Å². The molecule has 0 spiro atoms. The number of alkyl halides is 3. The van der Waals surface area contributed by atoms with Crippen LogP contribution in [-0.4, -0.2) is 29.3 Å². The summed E-state index contributed by atoms with van der Waals surface area (Å²) >= 11 is 0. The highest BCUT2D eigenvalue weighted by atomic mass is 19.4. The topological polar surface area (TPSA) is 73.1 Å². The van der Waals surface area contributed by atoms with Crippen molar-refractivity contribution in [1.29, 1.82) is 0 Å². The second kappa shape index (κ2) is 6.27. The Hall–Kier alpha value is -1.73. The lowest BCUT2D eigenvalue weighted by Gasteiger charge is -2.12. The Balaban J connectivity index is 2.60. The molecular formula is C10H15F3N4O. The maximum atomic E-state index is 12.0. The van der Waals surface area contributed by atoms with E-state index < -0.39 is 12.6 Å². The summed E-state index contributed by atoms with van der Waals surface area (Å²) in [5.41, 5.74) is 5.80. The average molecular weight is 264 g/mol. The zero-order valence-corrected chi connectivity index (χ0v) is 9.92. The summed E-state index contributed by atoms with van der Waals surface area (Å²) in [6.07, 6.45) is -3.20. The number of anilines is 2. The van der Waals surface area contributed by atoms with Crippen LogP contribution in [0.4, 0.5) is 24.7 Å². The molecule has 3 N–H and O–H groups in total. The summed E-state index contributed by atoms with van der Waals surface area (Å²) in [4.78, 5) is 7.58. The maximum absolute atomic E-state index is 12.0. The fourth-order valence-corrected chi connectivity index (χ4v) is 1.16. The van der Waals surface area contributed by atoms with Gasteiger partial charge in [-0.2, -0.15) is 18.2 Å². The molecule has 0 amide bonds. The molecule has 0 atom stereocenters. The van der Waals surface area contributed by atoms with E-state index in [1.165, 1.54) is 6.33 Å². The van der Waals surface area contributed by atoms with Gasteiger partial charge in [-0.1, -0.05) is 6.92 Å². The number of nitrogens with one attached hydrogen (secondary N) is 1. The minimum Gasteiger partial charge on any atom is -0.476 e. The Kier molecular flexibility index (Phi) is 4.99. The first-order valence-electron chi connectivity index (χ1n) is 5.48. The van der Waals surface area contributed by atoms with Crippen LogP contribution in [0.25, 0.3) is 0 Å².